The van der Waals surface area contributed by atoms with Gasteiger partial charge in [-0.05, 0) is 48.0 Å². The van der Waals surface area contributed by atoms with Crippen LogP contribution in [0.15, 0.2) is 82.8 Å². The first kappa shape index (κ1) is 18.9. The average molecular weight is 402 g/mol. The lowest BCUT2D eigenvalue weighted by molar-refractivity contribution is 0.251. The van der Waals surface area contributed by atoms with Crippen LogP contribution in [0.25, 0.3) is 0 Å². The Bertz CT molecular complexity index is 1040. The first-order valence-corrected chi connectivity index (χ1v) is 9.86. The zero-order valence-corrected chi connectivity index (χ0v) is 15.7. The predicted octanol–water partition coefficient (Wildman–Crippen LogP) is 3.89. The summed E-state index contributed by atoms with van der Waals surface area (Å²) in [6, 6.07) is 15.4. The maximum absolute atomic E-state index is 12.7. The summed E-state index contributed by atoms with van der Waals surface area (Å²) < 4.78 is 25.3. The molecule has 2 aromatic carbocycles. The summed E-state index contributed by atoms with van der Waals surface area (Å²) in [5.74, 6) is 0. The number of benzene rings is 2. The smallest absolute Gasteiger partial charge is 0.319 e. The molecular weight excluding hydrogens is 386 g/mol. The molecule has 0 aliphatic carbocycles. The standard InChI is InChI=1S/C19H16ClN3O3S/c20-17-5-1-2-6-18(17)27(25,26)16-9-7-15(8-10-16)23-19(24)22-13-14-4-3-11-21-12-14/h1-12H,13H2,(H2,22,23,24). The van der Waals surface area contributed by atoms with E-state index in [4.69, 9.17) is 11.6 Å². The Morgan fingerprint density at radius 3 is 2.41 bits per heavy atom. The molecule has 0 atom stereocenters. The summed E-state index contributed by atoms with van der Waals surface area (Å²) in [5, 5.41) is 5.51. The number of nitrogens with zero attached hydrogens (tertiary/aromatic N) is 1. The van der Waals surface area contributed by atoms with E-state index in [-0.39, 0.29) is 14.8 Å². The number of pyridine rings is 1. The molecule has 0 spiro atoms. The van der Waals surface area contributed by atoms with Gasteiger partial charge < -0.3 is 10.6 Å². The highest BCUT2D eigenvalue weighted by atomic mass is 35.5. The Balaban J connectivity index is 1.67. The fraction of sp³-hybridized carbons (Fsp3) is 0.0526. The predicted molar refractivity (Wildman–Crippen MR) is 103 cm³/mol. The number of sulfone groups is 1. The number of urea groups is 1. The third kappa shape index (κ3) is 4.64. The van der Waals surface area contributed by atoms with Crippen LogP contribution in [0.3, 0.4) is 0 Å². The van der Waals surface area contributed by atoms with Crippen LogP contribution < -0.4 is 10.6 Å². The Morgan fingerprint density at radius 2 is 1.74 bits per heavy atom. The second-order valence-electron chi connectivity index (χ2n) is 5.63. The molecule has 3 aromatic rings. The fourth-order valence-corrected chi connectivity index (χ4v) is 4.14. The highest BCUT2D eigenvalue weighted by Gasteiger charge is 2.20. The first-order valence-electron chi connectivity index (χ1n) is 8.00. The minimum Gasteiger partial charge on any atom is -0.334 e. The fourth-order valence-electron chi connectivity index (χ4n) is 2.37. The van der Waals surface area contributed by atoms with Gasteiger partial charge in [-0.3, -0.25) is 4.98 Å². The Kier molecular flexibility index (Phi) is 5.73. The molecule has 0 unspecified atom stereocenters. The van der Waals surface area contributed by atoms with Crippen LogP contribution in [0.4, 0.5) is 10.5 Å². The number of aromatic nitrogens is 1. The van der Waals surface area contributed by atoms with Gasteiger partial charge in [-0.1, -0.05) is 29.8 Å². The zero-order chi connectivity index (χ0) is 19.3. The first-order chi connectivity index (χ1) is 13.0. The number of hydrogen-bond donors (Lipinski definition) is 2. The van der Waals surface area contributed by atoms with Crippen molar-refractivity contribution < 1.29 is 13.2 Å². The van der Waals surface area contributed by atoms with Gasteiger partial charge in [0, 0.05) is 24.6 Å². The summed E-state index contributed by atoms with van der Waals surface area (Å²) in [5.41, 5.74) is 1.34. The number of amides is 2. The van der Waals surface area contributed by atoms with Crippen LogP contribution in [-0.4, -0.2) is 19.4 Å². The molecule has 0 aliphatic rings. The summed E-state index contributed by atoms with van der Waals surface area (Å²) >= 11 is 6.00. The number of carbonyl (C=O) groups excluding carboxylic acids is 1. The molecule has 1 aromatic heterocycles. The number of nitrogens with one attached hydrogen (secondary N) is 2. The van der Waals surface area contributed by atoms with Gasteiger partial charge in [0.25, 0.3) is 0 Å². The largest absolute Gasteiger partial charge is 0.334 e. The SMILES string of the molecule is O=C(NCc1cccnc1)Nc1ccc(S(=O)(=O)c2ccccc2Cl)cc1. The van der Waals surface area contributed by atoms with E-state index in [0.717, 1.165) is 5.56 Å². The van der Waals surface area contributed by atoms with E-state index in [1.54, 1.807) is 30.6 Å². The van der Waals surface area contributed by atoms with Crippen LogP contribution in [0.5, 0.6) is 0 Å². The number of hydrogen-bond acceptors (Lipinski definition) is 4. The van der Waals surface area contributed by atoms with Gasteiger partial charge in [-0.15, -0.1) is 0 Å². The van der Waals surface area contributed by atoms with Gasteiger partial charge in [0.1, 0.15) is 0 Å². The van der Waals surface area contributed by atoms with E-state index in [0.29, 0.717) is 12.2 Å². The lowest BCUT2D eigenvalue weighted by atomic mass is 10.3. The molecule has 6 nitrogen and oxygen atoms in total. The van der Waals surface area contributed by atoms with Crippen molar-refractivity contribution in [2.75, 3.05) is 5.32 Å². The minimum atomic E-state index is -3.73. The van der Waals surface area contributed by atoms with Gasteiger partial charge in [0.05, 0.1) is 14.8 Å². The summed E-state index contributed by atoms with van der Waals surface area (Å²) in [4.78, 5) is 16.1. The third-order valence-electron chi connectivity index (χ3n) is 3.72. The molecule has 3 rings (SSSR count). The Morgan fingerprint density at radius 1 is 1.00 bits per heavy atom. The van der Waals surface area contributed by atoms with Crippen molar-refractivity contribution in [3.05, 3.63) is 83.6 Å². The molecule has 2 N–H and O–H groups in total. The van der Waals surface area contributed by atoms with E-state index in [1.165, 1.54) is 36.4 Å². The van der Waals surface area contributed by atoms with E-state index >= 15 is 0 Å². The van der Waals surface area contributed by atoms with E-state index in [2.05, 4.69) is 15.6 Å². The van der Waals surface area contributed by atoms with E-state index in [1.807, 2.05) is 6.07 Å². The van der Waals surface area contributed by atoms with Crippen molar-refractivity contribution >= 4 is 33.2 Å². The van der Waals surface area contributed by atoms with Crippen LogP contribution in [0.2, 0.25) is 5.02 Å². The highest BCUT2D eigenvalue weighted by molar-refractivity contribution is 7.91. The minimum absolute atomic E-state index is 0.0431. The zero-order valence-electron chi connectivity index (χ0n) is 14.1. The van der Waals surface area contributed by atoms with Crippen molar-refractivity contribution in [1.29, 1.82) is 0 Å². The Labute approximate surface area is 162 Å². The molecule has 0 aliphatic heterocycles. The van der Waals surface area contributed by atoms with Crippen LogP contribution in [0, 0.1) is 0 Å². The summed E-state index contributed by atoms with van der Waals surface area (Å²) in [7, 11) is -3.73. The molecule has 0 saturated heterocycles. The van der Waals surface area contributed by atoms with Crippen LogP contribution >= 0.6 is 11.6 Å². The quantitative estimate of drug-likeness (QED) is 0.678. The molecular formula is C19H16ClN3O3S. The molecule has 0 radical (unpaired) electrons. The molecule has 0 fully saturated rings. The maximum Gasteiger partial charge on any atom is 0.319 e. The second-order valence-corrected chi connectivity index (χ2v) is 7.95. The lowest BCUT2D eigenvalue weighted by Crippen LogP contribution is -2.28. The van der Waals surface area contributed by atoms with Crippen LogP contribution in [-0.2, 0) is 16.4 Å². The average Bonchev–Trinajstić information content (AvgIpc) is 2.68. The van der Waals surface area contributed by atoms with Gasteiger partial charge in [-0.25, -0.2) is 13.2 Å². The highest BCUT2D eigenvalue weighted by Crippen LogP contribution is 2.27. The maximum atomic E-state index is 12.7. The van der Waals surface area contributed by atoms with Crippen molar-refractivity contribution in [2.45, 2.75) is 16.3 Å². The van der Waals surface area contributed by atoms with Crippen molar-refractivity contribution in [3.63, 3.8) is 0 Å². The monoisotopic (exact) mass is 401 g/mol. The topological polar surface area (TPSA) is 88.2 Å². The van der Waals surface area contributed by atoms with Crippen LogP contribution in [0.1, 0.15) is 5.56 Å². The summed E-state index contributed by atoms with van der Waals surface area (Å²) in [6.07, 6.45) is 3.32. The molecule has 27 heavy (non-hydrogen) atoms. The van der Waals surface area contributed by atoms with Crippen molar-refractivity contribution in [1.82, 2.24) is 10.3 Å². The number of rotatable bonds is 5. The van der Waals surface area contributed by atoms with E-state index in [9.17, 15) is 13.2 Å². The normalized spacial score (nSPS) is 11.0. The third-order valence-corrected chi connectivity index (χ3v) is 5.99. The second kappa shape index (κ2) is 8.20. The van der Waals surface area contributed by atoms with Crippen molar-refractivity contribution in [3.8, 4) is 0 Å². The molecule has 0 bridgehead atoms. The Hall–Kier alpha value is -2.90. The van der Waals surface area contributed by atoms with E-state index < -0.39 is 15.9 Å². The number of anilines is 1. The van der Waals surface area contributed by atoms with Gasteiger partial charge >= 0.3 is 6.03 Å². The summed E-state index contributed by atoms with van der Waals surface area (Å²) in [6.45, 7) is 0.332. The number of halogens is 1. The molecule has 8 heteroatoms. The molecule has 138 valence electrons. The molecule has 2 amide bonds. The number of carbonyl (C=O) groups is 1. The molecule has 1 heterocycles. The van der Waals surface area contributed by atoms with Gasteiger partial charge in [-0.2, -0.15) is 0 Å². The van der Waals surface area contributed by atoms with Gasteiger partial charge in [0.2, 0.25) is 9.84 Å². The van der Waals surface area contributed by atoms with Crippen molar-refractivity contribution in [2.24, 2.45) is 0 Å². The molecule has 0 saturated carbocycles. The lowest BCUT2D eigenvalue weighted by Gasteiger charge is -2.09. The van der Waals surface area contributed by atoms with Gasteiger partial charge in [0.15, 0.2) is 0 Å².